The number of esters is 2. The van der Waals surface area contributed by atoms with E-state index in [1.807, 2.05) is 0 Å². The van der Waals surface area contributed by atoms with Gasteiger partial charge in [-0.15, -0.1) is 0 Å². The van der Waals surface area contributed by atoms with Crippen LogP contribution in [0.1, 0.15) is 45.7 Å². The first-order chi connectivity index (χ1) is 27.2. The monoisotopic (exact) mass is 786 g/mol. The van der Waals surface area contributed by atoms with E-state index in [0.29, 0.717) is 16.6 Å². The van der Waals surface area contributed by atoms with Crippen molar-refractivity contribution in [3.63, 3.8) is 0 Å². The number of benzene rings is 3. The van der Waals surface area contributed by atoms with Gasteiger partial charge in [0.1, 0.15) is 40.1 Å². The van der Waals surface area contributed by atoms with Crippen molar-refractivity contribution < 1.29 is 51.9 Å². The number of ether oxygens (including phenoxy) is 7. The molecule has 0 bridgehead atoms. The van der Waals surface area contributed by atoms with E-state index in [1.165, 1.54) is 36.2 Å². The molecule has 3 aromatic carbocycles. The number of hydrogen-bond donors (Lipinski definition) is 1. The molecule has 1 N–H and O–H groups in total. The molecule has 2 heterocycles. The minimum atomic E-state index is -0.824. The van der Waals surface area contributed by atoms with Crippen LogP contribution in [0.5, 0.6) is 34.9 Å². The average molecular weight is 787 g/mol. The lowest BCUT2D eigenvalue weighted by Crippen LogP contribution is -2.34. The molecule has 0 aliphatic carbocycles. The zero-order chi connectivity index (χ0) is 41.3. The summed E-state index contributed by atoms with van der Waals surface area (Å²) in [6.07, 6.45) is 0.833. The van der Waals surface area contributed by atoms with Crippen LogP contribution < -0.4 is 23.8 Å². The van der Waals surface area contributed by atoms with Crippen molar-refractivity contribution in [2.45, 2.75) is 46.8 Å². The summed E-state index contributed by atoms with van der Waals surface area (Å²) < 4.78 is 54.9. The summed E-state index contributed by atoms with van der Waals surface area (Å²) in [5.41, 5.74) is 0.992. The highest BCUT2D eigenvalue weighted by molar-refractivity contribution is 6.14. The molecule has 5 rings (SSSR count). The summed E-state index contributed by atoms with van der Waals surface area (Å²) in [5.74, 6) is -0.931. The van der Waals surface area contributed by atoms with Crippen LogP contribution in [0.3, 0.4) is 0 Å². The number of rotatable bonds is 16. The molecule has 0 fully saturated rings. The van der Waals surface area contributed by atoms with Gasteiger partial charge in [-0.2, -0.15) is 9.97 Å². The third-order valence-electron chi connectivity index (χ3n) is 7.64. The predicted molar refractivity (Wildman–Crippen MR) is 210 cm³/mol. The van der Waals surface area contributed by atoms with Gasteiger partial charge in [0.2, 0.25) is 5.88 Å². The molecular formula is C40H43FN6O10. The van der Waals surface area contributed by atoms with Gasteiger partial charge in [-0.25, -0.2) is 18.8 Å². The Balaban J connectivity index is 1.66. The summed E-state index contributed by atoms with van der Waals surface area (Å²) in [6.45, 7) is 12.0. The molecule has 17 heteroatoms. The van der Waals surface area contributed by atoms with Crippen LogP contribution in [0.25, 0.3) is 21.9 Å². The van der Waals surface area contributed by atoms with E-state index >= 15 is 4.39 Å². The number of aromatic nitrogens is 3. The highest BCUT2D eigenvalue weighted by atomic mass is 19.1. The second-order valence-corrected chi connectivity index (χ2v) is 13.3. The maximum atomic E-state index is 15.5. The van der Waals surface area contributed by atoms with Gasteiger partial charge in [-0.1, -0.05) is 0 Å². The molecule has 0 saturated heterocycles. The van der Waals surface area contributed by atoms with E-state index in [9.17, 15) is 14.4 Å². The van der Waals surface area contributed by atoms with Crippen LogP contribution in [0, 0.1) is 5.82 Å². The van der Waals surface area contributed by atoms with Gasteiger partial charge >= 0.3 is 24.0 Å². The first-order valence-electron chi connectivity index (χ1n) is 17.8. The Morgan fingerprint density at radius 1 is 0.877 bits per heavy atom. The summed E-state index contributed by atoms with van der Waals surface area (Å²) >= 11 is 0. The number of carbonyl (C=O) groups excluding carboxylic acids is 3. The average Bonchev–Trinajstić information content (AvgIpc) is 3.50. The zero-order valence-corrected chi connectivity index (χ0v) is 32.6. The molecule has 0 radical (unpaired) electrons. The Bertz CT molecular complexity index is 2320. The lowest BCUT2D eigenvalue weighted by Gasteiger charge is -2.25. The number of fused-ring (bicyclic) bond motifs is 3. The van der Waals surface area contributed by atoms with Crippen molar-refractivity contribution in [2.24, 2.45) is 9.98 Å². The van der Waals surface area contributed by atoms with Gasteiger partial charge in [-0.3, -0.25) is 14.9 Å². The fraction of sp³-hybridized carbons (Fsp3) is 0.325. The maximum Gasteiger partial charge on any atom is 0.414 e. The standard InChI is InChI=1S/C40H43FN6O10/c1-9-51-32(48)21-53-26-11-23(19-42-6)13-28(17-26)55-37-34-30-15-25(41)16-31(47(8)39(50)57-40(3,4)5)35(30)44-36(34)45-38(46-37)56-29-14-24(20-43-7)12-27(18-29)54-22-33(49)52-10-2/h11-19H,7,9-10,20-22H2,1-6,8H3,(H,44,45,46). The van der Waals surface area contributed by atoms with Crippen molar-refractivity contribution in [1.29, 1.82) is 0 Å². The molecule has 0 saturated carbocycles. The molecule has 57 heavy (non-hydrogen) atoms. The molecule has 0 aliphatic heterocycles. The number of carbonyl (C=O) groups is 3. The van der Waals surface area contributed by atoms with Crippen molar-refractivity contribution in [3.8, 4) is 34.9 Å². The number of H-pyrrole nitrogens is 1. The van der Waals surface area contributed by atoms with Crippen LogP contribution in [0.15, 0.2) is 58.5 Å². The molecule has 2 aromatic heterocycles. The summed E-state index contributed by atoms with van der Waals surface area (Å²) in [6, 6.07) is 11.9. The van der Waals surface area contributed by atoms with E-state index in [4.69, 9.17) is 33.2 Å². The molecule has 0 atom stereocenters. The van der Waals surface area contributed by atoms with E-state index in [-0.39, 0.29) is 90.0 Å². The topological polar surface area (TPSA) is 185 Å². The molecule has 0 unspecified atom stereocenters. The van der Waals surface area contributed by atoms with Crippen molar-refractivity contribution >= 4 is 58.6 Å². The van der Waals surface area contributed by atoms with Crippen LogP contribution in [0.4, 0.5) is 14.9 Å². The normalized spacial score (nSPS) is 11.4. The smallest absolute Gasteiger partial charge is 0.414 e. The minimum Gasteiger partial charge on any atom is -0.482 e. The lowest BCUT2D eigenvalue weighted by molar-refractivity contribution is -0.146. The highest BCUT2D eigenvalue weighted by Gasteiger charge is 2.26. The third kappa shape index (κ3) is 10.9. The molecule has 16 nitrogen and oxygen atoms in total. The number of amides is 1. The number of aromatic amines is 1. The van der Waals surface area contributed by atoms with Gasteiger partial charge < -0.3 is 38.1 Å². The van der Waals surface area contributed by atoms with E-state index in [1.54, 1.807) is 72.1 Å². The minimum absolute atomic E-state index is 0.0812. The van der Waals surface area contributed by atoms with Crippen molar-refractivity contribution in [2.75, 3.05) is 45.4 Å². The van der Waals surface area contributed by atoms with Gasteiger partial charge in [0.05, 0.1) is 36.3 Å². The largest absolute Gasteiger partial charge is 0.482 e. The van der Waals surface area contributed by atoms with Gasteiger partial charge in [-0.05, 0) is 88.9 Å². The summed E-state index contributed by atoms with van der Waals surface area (Å²) in [5, 5.41) is 0.512. The molecule has 0 aliphatic rings. The van der Waals surface area contributed by atoms with Crippen LogP contribution in [-0.2, 0) is 30.3 Å². The Labute approximate surface area is 327 Å². The van der Waals surface area contributed by atoms with Gasteiger partial charge in [0.15, 0.2) is 13.2 Å². The van der Waals surface area contributed by atoms with Crippen molar-refractivity contribution in [1.82, 2.24) is 15.0 Å². The predicted octanol–water partition coefficient (Wildman–Crippen LogP) is 7.34. The highest BCUT2D eigenvalue weighted by Crippen LogP contribution is 2.40. The summed E-state index contributed by atoms with van der Waals surface area (Å²) in [4.78, 5) is 58.8. The Hall–Kier alpha value is -6.78. The van der Waals surface area contributed by atoms with Gasteiger partial charge in [0.25, 0.3) is 0 Å². The number of nitrogens with zero attached hydrogens (tertiary/aromatic N) is 5. The second-order valence-electron chi connectivity index (χ2n) is 13.3. The van der Waals surface area contributed by atoms with E-state index < -0.39 is 29.5 Å². The third-order valence-corrected chi connectivity index (χ3v) is 7.64. The van der Waals surface area contributed by atoms with Gasteiger partial charge in [0, 0.05) is 37.8 Å². The second kappa shape index (κ2) is 18.2. The molecule has 300 valence electrons. The molecule has 5 aromatic rings. The lowest BCUT2D eigenvalue weighted by atomic mass is 10.1. The Morgan fingerprint density at radius 3 is 2.11 bits per heavy atom. The summed E-state index contributed by atoms with van der Waals surface area (Å²) in [7, 11) is 3.04. The molecular weight excluding hydrogens is 743 g/mol. The van der Waals surface area contributed by atoms with Crippen LogP contribution in [-0.4, -0.2) is 92.0 Å². The van der Waals surface area contributed by atoms with E-state index in [0.717, 1.165) is 0 Å². The Kier molecular flexibility index (Phi) is 13.2. The number of halogens is 1. The first-order valence-corrected chi connectivity index (χ1v) is 17.8. The fourth-order valence-corrected chi connectivity index (χ4v) is 5.47. The number of anilines is 1. The quantitative estimate of drug-likeness (QED) is 0.0597. The van der Waals surface area contributed by atoms with E-state index in [2.05, 4.69) is 31.7 Å². The molecule has 1 amide bonds. The number of aliphatic imine (C=N–C) groups is 2. The number of hydrogen-bond acceptors (Lipinski definition) is 14. The first kappa shape index (κ1) is 41.4. The number of nitrogens with one attached hydrogen (secondary N) is 1. The van der Waals surface area contributed by atoms with Crippen LogP contribution >= 0.6 is 0 Å². The fourth-order valence-electron chi connectivity index (χ4n) is 5.47. The maximum absolute atomic E-state index is 15.5. The zero-order valence-electron chi connectivity index (χ0n) is 32.6. The Morgan fingerprint density at radius 2 is 1.49 bits per heavy atom. The molecule has 0 spiro atoms. The van der Waals surface area contributed by atoms with Crippen LogP contribution in [0.2, 0.25) is 0 Å². The SMILES string of the molecule is C=NCc1cc(OCC(=O)OCC)cc(Oc2nc(Oc3cc(C=NC)cc(OCC(=O)OCC)c3)c3c(n2)[nH]c2c(N(C)C(=O)OC(C)(C)C)cc(F)cc23)c1. The van der Waals surface area contributed by atoms with Crippen molar-refractivity contribution in [3.05, 3.63) is 65.5 Å².